The second-order valence-corrected chi connectivity index (χ2v) is 8.84. The van der Waals surface area contributed by atoms with E-state index in [-0.39, 0.29) is 0 Å². The number of likely N-dealkylation sites (tertiary alicyclic amines) is 1. The van der Waals surface area contributed by atoms with Crippen molar-refractivity contribution in [1.29, 1.82) is 0 Å². The monoisotopic (exact) mass is 365 g/mol. The van der Waals surface area contributed by atoms with E-state index in [4.69, 9.17) is 0 Å². The van der Waals surface area contributed by atoms with Crippen LogP contribution in [0.2, 0.25) is 0 Å². The molecule has 0 atom stereocenters. The minimum Gasteiger partial charge on any atom is -0.358 e. The minimum absolute atomic E-state index is 1.07. The second kappa shape index (κ2) is 7.18. The Bertz CT molecular complexity index is 888. The van der Waals surface area contributed by atoms with Crippen molar-refractivity contribution in [2.45, 2.75) is 45.3 Å². The van der Waals surface area contributed by atoms with E-state index in [1.165, 1.54) is 65.0 Å². The number of rotatable bonds is 4. The average Bonchev–Trinajstić information content (AvgIpc) is 3.26. The molecule has 3 aromatic rings. The number of aromatic amines is 1. The van der Waals surface area contributed by atoms with Gasteiger partial charge in [-0.25, -0.2) is 0 Å². The van der Waals surface area contributed by atoms with E-state index < -0.39 is 0 Å². The number of piperidine rings is 1. The van der Waals surface area contributed by atoms with Crippen molar-refractivity contribution in [2.75, 3.05) is 19.6 Å². The van der Waals surface area contributed by atoms with Gasteiger partial charge in [0.15, 0.2) is 0 Å². The summed E-state index contributed by atoms with van der Waals surface area (Å²) in [6.45, 7) is 7.01. The van der Waals surface area contributed by atoms with E-state index in [1.807, 2.05) is 11.3 Å². The molecule has 0 bridgehead atoms. The maximum Gasteiger partial charge on any atom is 0.0459 e. The molecule has 26 heavy (non-hydrogen) atoms. The first kappa shape index (κ1) is 16.5. The summed E-state index contributed by atoms with van der Waals surface area (Å²) >= 11 is 1.94. The predicted molar refractivity (Wildman–Crippen MR) is 110 cm³/mol. The summed E-state index contributed by atoms with van der Waals surface area (Å²) in [7, 11) is 0. The maximum absolute atomic E-state index is 3.62. The fraction of sp³-hybridized carbons (Fsp3) is 0.455. The Balaban J connectivity index is 1.26. The van der Waals surface area contributed by atoms with E-state index >= 15 is 0 Å². The van der Waals surface area contributed by atoms with Gasteiger partial charge in [0.1, 0.15) is 0 Å². The molecule has 1 fully saturated rings. The molecule has 0 unspecified atom stereocenters. The van der Waals surface area contributed by atoms with Gasteiger partial charge < -0.3 is 4.98 Å². The number of fused-ring (bicyclic) bond motifs is 3. The van der Waals surface area contributed by atoms with Crippen LogP contribution in [0.3, 0.4) is 0 Å². The number of nitrogens with zero attached hydrogens (tertiary/aromatic N) is 2. The minimum atomic E-state index is 1.07. The van der Waals surface area contributed by atoms with Crippen molar-refractivity contribution < 1.29 is 0 Å². The van der Waals surface area contributed by atoms with Crippen molar-refractivity contribution in [2.24, 2.45) is 0 Å². The summed E-state index contributed by atoms with van der Waals surface area (Å²) < 4.78 is 0. The molecule has 136 valence electrons. The van der Waals surface area contributed by atoms with Crippen LogP contribution in [0.15, 0.2) is 35.7 Å². The Kier molecular flexibility index (Phi) is 4.57. The highest BCUT2D eigenvalue weighted by atomic mass is 32.1. The first-order valence-electron chi connectivity index (χ1n) is 9.94. The second-order valence-electron chi connectivity index (χ2n) is 7.85. The largest absolute Gasteiger partial charge is 0.358 e. The molecule has 0 saturated carbocycles. The van der Waals surface area contributed by atoms with E-state index in [0.29, 0.717) is 0 Å². The molecule has 0 spiro atoms. The molecule has 2 aliphatic heterocycles. The van der Waals surface area contributed by atoms with Crippen molar-refractivity contribution in [3.63, 3.8) is 0 Å². The Morgan fingerprint density at radius 2 is 1.85 bits per heavy atom. The molecule has 5 rings (SSSR count). The third-order valence-corrected chi connectivity index (χ3v) is 6.87. The molecule has 4 heterocycles. The molecule has 2 aromatic heterocycles. The molecular weight excluding hydrogens is 338 g/mol. The van der Waals surface area contributed by atoms with Crippen molar-refractivity contribution in [1.82, 2.24) is 14.8 Å². The standard InChI is InChI=1S/C22H27N3S/c1-4-9-24(10-5-1)13-17-12-18(26-16-17)14-25-11-8-22-20(15-25)19-6-2-3-7-21(19)23-22/h2-3,6-7,12,16,23H,1,4-5,8-11,13-15H2. The maximum atomic E-state index is 3.62. The van der Waals surface area contributed by atoms with Gasteiger partial charge in [0.25, 0.3) is 0 Å². The topological polar surface area (TPSA) is 22.3 Å². The SMILES string of the molecule is c1ccc2c3c([nH]c2c1)CCN(Cc1cc(CN2CCCCC2)cs1)C3. The van der Waals surface area contributed by atoms with Crippen LogP contribution in [0.25, 0.3) is 10.9 Å². The van der Waals surface area contributed by atoms with Gasteiger partial charge in [-0.05, 0) is 54.6 Å². The van der Waals surface area contributed by atoms with E-state index in [0.717, 1.165) is 32.6 Å². The third-order valence-electron chi connectivity index (χ3n) is 5.90. The van der Waals surface area contributed by atoms with Crippen LogP contribution in [0.1, 0.15) is 41.0 Å². The molecule has 2 aliphatic rings. The zero-order valence-corrected chi connectivity index (χ0v) is 16.2. The van der Waals surface area contributed by atoms with Gasteiger partial charge in [-0.1, -0.05) is 24.6 Å². The molecule has 1 N–H and O–H groups in total. The molecule has 1 saturated heterocycles. The van der Waals surface area contributed by atoms with Gasteiger partial charge in [-0.15, -0.1) is 11.3 Å². The van der Waals surface area contributed by atoms with E-state index in [1.54, 1.807) is 0 Å². The van der Waals surface area contributed by atoms with Crippen LogP contribution in [0.5, 0.6) is 0 Å². The third kappa shape index (κ3) is 3.34. The number of hydrogen-bond donors (Lipinski definition) is 1. The highest BCUT2D eigenvalue weighted by molar-refractivity contribution is 7.10. The van der Waals surface area contributed by atoms with Gasteiger partial charge in [0.05, 0.1) is 0 Å². The zero-order chi connectivity index (χ0) is 17.3. The van der Waals surface area contributed by atoms with Crippen molar-refractivity contribution >= 4 is 22.2 Å². The number of thiophene rings is 1. The Morgan fingerprint density at radius 3 is 2.77 bits per heavy atom. The number of aromatic nitrogens is 1. The van der Waals surface area contributed by atoms with Crippen LogP contribution < -0.4 is 0 Å². The number of H-pyrrole nitrogens is 1. The van der Waals surface area contributed by atoms with Gasteiger partial charge in [-0.3, -0.25) is 9.80 Å². The smallest absolute Gasteiger partial charge is 0.0459 e. The number of hydrogen-bond acceptors (Lipinski definition) is 3. The van der Waals surface area contributed by atoms with Crippen LogP contribution in [0, 0.1) is 0 Å². The molecule has 1 aromatic carbocycles. The zero-order valence-electron chi connectivity index (χ0n) is 15.3. The lowest BCUT2D eigenvalue weighted by atomic mass is 10.0. The van der Waals surface area contributed by atoms with Crippen LogP contribution in [-0.2, 0) is 26.1 Å². The normalized spacial score (nSPS) is 19.1. The van der Waals surface area contributed by atoms with E-state index in [2.05, 4.69) is 50.5 Å². The lowest BCUT2D eigenvalue weighted by molar-refractivity contribution is 0.221. The quantitative estimate of drug-likeness (QED) is 0.719. The Labute approximate surface area is 159 Å². The van der Waals surface area contributed by atoms with Gasteiger partial charge >= 0.3 is 0 Å². The molecule has 0 amide bonds. The highest BCUT2D eigenvalue weighted by Crippen LogP contribution is 2.29. The summed E-state index contributed by atoms with van der Waals surface area (Å²) in [4.78, 5) is 10.4. The summed E-state index contributed by atoms with van der Waals surface area (Å²) in [5, 5.41) is 3.79. The Hall–Kier alpha value is -1.62. The lowest BCUT2D eigenvalue weighted by Crippen LogP contribution is -2.29. The average molecular weight is 366 g/mol. The van der Waals surface area contributed by atoms with Crippen LogP contribution >= 0.6 is 11.3 Å². The first-order valence-corrected chi connectivity index (χ1v) is 10.8. The molecule has 3 nitrogen and oxygen atoms in total. The summed E-state index contributed by atoms with van der Waals surface area (Å²) in [6, 6.07) is 11.2. The predicted octanol–water partition coefficient (Wildman–Crippen LogP) is 4.77. The first-order chi connectivity index (χ1) is 12.8. The fourth-order valence-electron chi connectivity index (χ4n) is 4.55. The number of para-hydroxylation sites is 1. The highest BCUT2D eigenvalue weighted by Gasteiger charge is 2.21. The lowest BCUT2D eigenvalue weighted by Gasteiger charge is -2.26. The van der Waals surface area contributed by atoms with Crippen LogP contribution in [-0.4, -0.2) is 34.4 Å². The van der Waals surface area contributed by atoms with Gasteiger partial charge in [0, 0.05) is 54.1 Å². The number of benzene rings is 1. The molecule has 0 aliphatic carbocycles. The Morgan fingerprint density at radius 1 is 0.962 bits per heavy atom. The van der Waals surface area contributed by atoms with E-state index in [9.17, 15) is 0 Å². The number of nitrogens with one attached hydrogen (secondary N) is 1. The molecular formula is C22H27N3S. The van der Waals surface area contributed by atoms with Crippen molar-refractivity contribution in [3.8, 4) is 0 Å². The molecule has 0 radical (unpaired) electrons. The van der Waals surface area contributed by atoms with Gasteiger partial charge in [-0.2, -0.15) is 0 Å². The molecule has 4 heteroatoms. The summed E-state index contributed by atoms with van der Waals surface area (Å²) in [5.41, 5.74) is 5.76. The fourth-order valence-corrected chi connectivity index (χ4v) is 5.47. The summed E-state index contributed by atoms with van der Waals surface area (Å²) in [6.07, 6.45) is 5.29. The van der Waals surface area contributed by atoms with Gasteiger partial charge in [0.2, 0.25) is 0 Å². The summed E-state index contributed by atoms with van der Waals surface area (Å²) in [5.74, 6) is 0. The van der Waals surface area contributed by atoms with Crippen molar-refractivity contribution in [3.05, 3.63) is 57.4 Å². The van der Waals surface area contributed by atoms with Crippen LogP contribution in [0.4, 0.5) is 0 Å².